The maximum absolute atomic E-state index is 11.6. The van der Waals surface area contributed by atoms with Crippen molar-refractivity contribution in [3.63, 3.8) is 0 Å². The largest absolute Gasteiger partial charge is 0.445 e. The van der Waals surface area contributed by atoms with Crippen LogP contribution in [0.3, 0.4) is 0 Å². The van der Waals surface area contributed by atoms with Crippen molar-refractivity contribution in [1.29, 1.82) is 0 Å². The number of amides is 1. The molecule has 0 aliphatic carbocycles. The van der Waals surface area contributed by atoms with E-state index in [1.165, 1.54) is 12.1 Å². The van der Waals surface area contributed by atoms with E-state index in [-0.39, 0.29) is 18.8 Å². The van der Waals surface area contributed by atoms with Gasteiger partial charge in [0, 0.05) is 18.7 Å². The fraction of sp³-hybridized carbons (Fsp3) is 0.167. The SMILES string of the molecule is Cc1cc(C=CCNC(=O)OCc2ccccc2)cc([N+](=O)[O-])c1. The van der Waals surface area contributed by atoms with E-state index in [9.17, 15) is 14.9 Å². The molecule has 2 rings (SSSR count). The average Bonchev–Trinajstić information content (AvgIpc) is 2.57. The van der Waals surface area contributed by atoms with Crippen molar-refractivity contribution in [3.05, 3.63) is 81.4 Å². The molecule has 0 aliphatic rings. The minimum atomic E-state index is -0.515. The zero-order valence-electron chi connectivity index (χ0n) is 13.3. The van der Waals surface area contributed by atoms with Crippen LogP contribution >= 0.6 is 0 Å². The van der Waals surface area contributed by atoms with Gasteiger partial charge in [0.2, 0.25) is 0 Å². The molecule has 0 aliphatic heterocycles. The molecule has 0 bridgehead atoms. The number of non-ortho nitro benzene ring substituents is 1. The first-order valence-corrected chi connectivity index (χ1v) is 7.42. The fourth-order valence-corrected chi connectivity index (χ4v) is 2.10. The molecule has 24 heavy (non-hydrogen) atoms. The second kappa shape index (κ2) is 8.47. The highest BCUT2D eigenvalue weighted by Crippen LogP contribution is 2.17. The van der Waals surface area contributed by atoms with Gasteiger partial charge in [-0.15, -0.1) is 0 Å². The molecule has 0 aromatic heterocycles. The monoisotopic (exact) mass is 326 g/mol. The Labute approximate surface area is 139 Å². The third-order valence-corrected chi connectivity index (χ3v) is 3.18. The van der Waals surface area contributed by atoms with Gasteiger partial charge in [-0.2, -0.15) is 0 Å². The minimum Gasteiger partial charge on any atom is -0.445 e. The lowest BCUT2D eigenvalue weighted by Crippen LogP contribution is -2.24. The number of nitro groups is 1. The van der Waals surface area contributed by atoms with Gasteiger partial charge >= 0.3 is 6.09 Å². The molecule has 6 nitrogen and oxygen atoms in total. The van der Waals surface area contributed by atoms with Crippen molar-refractivity contribution in [2.24, 2.45) is 0 Å². The van der Waals surface area contributed by atoms with Gasteiger partial charge < -0.3 is 10.1 Å². The number of alkyl carbamates (subject to hydrolysis) is 1. The molecule has 0 radical (unpaired) electrons. The van der Waals surface area contributed by atoms with E-state index in [1.807, 2.05) is 36.4 Å². The van der Waals surface area contributed by atoms with E-state index < -0.39 is 11.0 Å². The van der Waals surface area contributed by atoms with Crippen molar-refractivity contribution in [2.75, 3.05) is 6.54 Å². The highest BCUT2D eigenvalue weighted by atomic mass is 16.6. The van der Waals surface area contributed by atoms with E-state index in [2.05, 4.69) is 5.32 Å². The zero-order chi connectivity index (χ0) is 17.4. The van der Waals surface area contributed by atoms with Gasteiger partial charge in [0.15, 0.2) is 0 Å². The van der Waals surface area contributed by atoms with Crippen LogP contribution < -0.4 is 5.32 Å². The Balaban J connectivity index is 1.80. The van der Waals surface area contributed by atoms with Crippen LogP contribution in [0, 0.1) is 17.0 Å². The topological polar surface area (TPSA) is 81.5 Å². The Morgan fingerprint density at radius 3 is 2.71 bits per heavy atom. The van der Waals surface area contributed by atoms with E-state index >= 15 is 0 Å². The number of nitrogens with zero attached hydrogens (tertiary/aromatic N) is 1. The lowest BCUT2D eigenvalue weighted by Gasteiger charge is -2.05. The van der Waals surface area contributed by atoms with Crippen LogP contribution in [-0.2, 0) is 11.3 Å². The molecule has 124 valence electrons. The maximum Gasteiger partial charge on any atom is 0.407 e. The predicted molar refractivity (Wildman–Crippen MR) is 91.5 cm³/mol. The smallest absolute Gasteiger partial charge is 0.407 e. The van der Waals surface area contributed by atoms with Crippen molar-refractivity contribution < 1.29 is 14.5 Å². The van der Waals surface area contributed by atoms with Gasteiger partial charge in [0.1, 0.15) is 6.61 Å². The first-order valence-electron chi connectivity index (χ1n) is 7.42. The molecule has 2 aromatic rings. The first kappa shape index (κ1) is 17.2. The molecule has 0 saturated carbocycles. The Morgan fingerprint density at radius 1 is 1.25 bits per heavy atom. The van der Waals surface area contributed by atoms with Crippen molar-refractivity contribution in [1.82, 2.24) is 5.32 Å². The summed E-state index contributed by atoms with van der Waals surface area (Å²) in [5, 5.41) is 13.4. The number of hydrogen-bond donors (Lipinski definition) is 1. The quantitative estimate of drug-likeness (QED) is 0.646. The highest BCUT2D eigenvalue weighted by molar-refractivity contribution is 5.67. The molecule has 0 atom stereocenters. The van der Waals surface area contributed by atoms with Crippen molar-refractivity contribution >= 4 is 17.9 Å². The molecule has 0 spiro atoms. The number of carbonyl (C=O) groups is 1. The Bertz CT molecular complexity index is 742. The van der Waals surface area contributed by atoms with Crippen LogP contribution in [0.15, 0.2) is 54.6 Å². The summed E-state index contributed by atoms with van der Waals surface area (Å²) < 4.78 is 5.08. The molecule has 1 amide bonds. The number of nitrogens with one attached hydrogen (secondary N) is 1. The van der Waals surface area contributed by atoms with Gasteiger partial charge in [-0.05, 0) is 23.6 Å². The first-order chi connectivity index (χ1) is 11.5. The van der Waals surface area contributed by atoms with Crippen LogP contribution in [0.5, 0.6) is 0 Å². The third-order valence-electron chi connectivity index (χ3n) is 3.18. The molecular formula is C18H18N2O4. The second-order valence-electron chi connectivity index (χ2n) is 5.20. The summed E-state index contributed by atoms with van der Waals surface area (Å²) in [6.07, 6.45) is 2.92. The predicted octanol–water partition coefficient (Wildman–Crippen LogP) is 3.84. The maximum atomic E-state index is 11.6. The summed E-state index contributed by atoms with van der Waals surface area (Å²) in [5.41, 5.74) is 2.47. The molecule has 0 saturated heterocycles. The summed E-state index contributed by atoms with van der Waals surface area (Å²) >= 11 is 0. The van der Waals surface area contributed by atoms with E-state index in [1.54, 1.807) is 19.1 Å². The van der Waals surface area contributed by atoms with E-state index in [0.29, 0.717) is 5.56 Å². The minimum absolute atomic E-state index is 0.0462. The molecule has 0 heterocycles. The van der Waals surface area contributed by atoms with Gasteiger partial charge in [-0.25, -0.2) is 4.79 Å². The Kier molecular flexibility index (Phi) is 6.08. The third kappa shape index (κ3) is 5.57. The van der Waals surface area contributed by atoms with Gasteiger partial charge in [0.25, 0.3) is 5.69 Å². The fourth-order valence-electron chi connectivity index (χ4n) is 2.10. The zero-order valence-corrected chi connectivity index (χ0v) is 13.3. The van der Waals surface area contributed by atoms with Gasteiger partial charge in [0.05, 0.1) is 4.92 Å². The van der Waals surface area contributed by atoms with Crippen LogP contribution in [0.1, 0.15) is 16.7 Å². The van der Waals surface area contributed by atoms with E-state index in [4.69, 9.17) is 4.74 Å². The lowest BCUT2D eigenvalue weighted by molar-refractivity contribution is -0.384. The second-order valence-corrected chi connectivity index (χ2v) is 5.20. The Hall–Kier alpha value is -3.15. The van der Waals surface area contributed by atoms with E-state index in [0.717, 1.165) is 11.1 Å². The summed E-state index contributed by atoms with van der Waals surface area (Å²) in [7, 11) is 0. The number of ether oxygens (including phenoxy) is 1. The van der Waals surface area contributed by atoms with Crippen molar-refractivity contribution in [2.45, 2.75) is 13.5 Å². The molecule has 1 N–H and O–H groups in total. The summed E-state index contributed by atoms with van der Waals surface area (Å²) in [4.78, 5) is 22.0. The molecule has 0 unspecified atom stereocenters. The van der Waals surface area contributed by atoms with Crippen molar-refractivity contribution in [3.8, 4) is 0 Å². The number of carbonyl (C=O) groups excluding carboxylic acids is 1. The highest BCUT2D eigenvalue weighted by Gasteiger charge is 2.06. The normalized spacial score (nSPS) is 10.5. The standard InChI is InChI=1S/C18H18N2O4/c1-14-10-16(12-17(11-14)20(22)23)8-5-9-19-18(21)24-13-15-6-3-2-4-7-15/h2-8,10-12H,9,13H2,1H3,(H,19,21). The lowest BCUT2D eigenvalue weighted by atomic mass is 10.1. The molecule has 6 heteroatoms. The number of benzene rings is 2. The molecule has 0 fully saturated rings. The van der Waals surface area contributed by atoms with Crippen LogP contribution in [-0.4, -0.2) is 17.6 Å². The number of rotatable bonds is 6. The number of nitro benzene ring substituents is 1. The van der Waals surface area contributed by atoms with Gasteiger partial charge in [-0.3, -0.25) is 10.1 Å². The van der Waals surface area contributed by atoms with Crippen LogP contribution in [0.25, 0.3) is 6.08 Å². The Morgan fingerprint density at radius 2 is 2.00 bits per heavy atom. The molecular weight excluding hydrogens is 308 g/mol. The summed E-state index contributed by atoms with van der Waals surface area (Å²) in [6.45, 7) is 2.28. The molecule has 2 aromatic carbocycles. The summed E-state index contributed by atoms with van der Waals surface area (Å²) in [6, 6.07) is 14.2. The summed E-state index contributed by atoms with van der Waals surface area (Å²) in [5.74, 6) is 0. The van der Waals surface area contributed by atoms with Gasteiger partial charge in [-0.1, -0.05) is 48.6 Å². The van der Waals surface area contributed by atoms with Crippen LogP contribution in [0.2, 0.25) is 0 Å². The number of aryl methyl sites for hydroxylation is 1. The van der Waals surface area contributed by atoms with Crippen LogP contribution in [0.4, 0.5) is 10.5 Å². The average molecular weight is 326 g/mol. The number of hydrogen-bond acceptors (Lipinski definition) is 4.